The third-order valence-corrected chi connectivity index (χ3v) is 4.26. The zero-order chi connectivity index (χ0) is 13.4. The predicted molar refractivity (Wildman–Crippen MR) is 90.8 cm³/mol. The third kappa shape index (κ3) is 8.58. The Balaban J connectivity index is 0.000000324. The van der Waals surface area contributed by atoms with Crippen LogP contribution in [-0.4, -0.2) is 44.6 Å². The van der Waals surface area contributed by atoms with Crippen molar-refractivity contribution >= 4 is 58.3 Å². The molecular formula is C12H20FeN2S4. The second-order valence-corrected chi connectivity index (χ2v) is 6.69. The summed E-state index contributed by atoms with van der Waals surface area (Å²) in [5, 5.41) is 0. The Morgan fingerprint density at radius 3 is 1.05 bits per heavy atom. The maximum Gasteiger partial charge on any atom is 2.00 e. The average molecular weight is 376 g/mol. The molecule has 0 aliphatic carbocycles. The summed E-state index contributed by atoms with van der Waals surface area (Å²) < 4.78 is 1.30. The topological polar surface area (TPSA) is 6.48 Å². The molecule has 0 aromatic heterocycles. The van der Waals surface area contributed by atoms with Crippen molar-refractivity contribution in [2.75, 3.05) is 26.2 Å². The van der Waals surface area contributed by atoms with Crippen molar-refractivity contribution in [2.24, 2.45) is 0 Å². The molecule has 2 nitrogen and oxygen atoms in total. The number of likely N-dealkylation sites (tertiary alicyclic amines) is 2. The number of thiocarbonyl (C=S) groups is 2. The molecule has 2 heterocycles. The van der Waals surface area contributed by atoms with E-state index in [9.17, 15) is 0 Å². The maximum atomic E-state index is 4.86. The van der Waals surface area contributed by atoms with Gasteiger partial charge in [-0.1, -0.05) is 8.64 Å². The smallest absolute Gasteiger partial charge is 0.411 e. The van der Waals surface area contributed by atoms with Gasteiger partial charge in [-0.2, -0.15) is 0 Å². The molecule has 0 radical (unpaired) electrons. The molecule has 0 atom stereocenters. The first-order valence-electron chi connectivity index (χ1n) is 6.53. The van der Waals surface area contributed by atoms with Crippen molar-refractivity contribution in [3.05, 3.63) is 0 Å². The summed E-state index contributed by atoms with van der Waals surface area (Å²) in [6, 6.07) is 0. The van der Waals surface area contributed by atoms with Crippen LogP contribution in [0.25, 0.3) is 0 Å². The fraction of sp³-hybridized carbons (Fsp3) is 0.833. The Labute approximate surface area is 149 Å². The predicted octanol–water partition coefficient (Wildman–Crippen LogP) is 2.61. The van der Waals surface area contributed by atoms with Crippen LogP contribution < -0.4 is 0 Å². The van der Waals surface area contributed by atoms with Crippen LogP contribution in [0.2, 0.25) is 0 Å². The van der Waals surface area contributed by atoms with E-state index >= 15 is 0 Å². The van der Waals surface area contributed by atoms with Crippen LogP contribution in [0.5, 0.6) is 0 Å². The van der Waals surface area contributed by atoms with E-state index in [1.54, 1.807) is 0 Å². The molecule has 2 fully saturated rings. The normalized spacial score (nSPS) is 18.7. The number of hydrogen-bond donors (Lipinski definition) is 0. The van der Waals surface area contributed by atoms with Crippen molar-refractivity contribution in [3.63, 3.8) is 0 Å². The van der Waals surface area contributed by atoms with Gasteiger partial charge < -0.3 is 59.5 Å². The van der Waals surface area contributed by atoms with Crippen molar-refractivity contribution in [2.45, 2.75) is 38.5 Å². The molecule has 110 valence electrons. The van der Waals surface area contributed by atoms with Crippen LogP contribution in [-0.2, 0) is 42.3 Å². The third-order valence-electron chi connectivity index (χ3n) is 3.23. The molecule has 2 aliphatic rings. The summed E-state index contributed by atoms with van der Waals surface area (Å²) in [4.78, 5) is 4.21. The van der Waals surface area contributed by atoms with Gasteiger partial charge >= 0.3 is 17.1 Å². The Kier molecular flexibility index (Phi) is 11.8. The second-order valence-electron chi connectivity index (χ2n) is 4.63. The zero-order valence-corrected chi connectivity index (χ0v) is 15.3. The van der Waals surface area contributed by atoms with Gasteiger partial charge in [0, 0.05) is 26.2 Å². The molecule has 7 heteroatoms. The molecule has 2 aliphatic heterocycles. The average Bonchev–Trinajstić information content (AvgIpc) is 2.41. The fourth-order valence-corrected chi connectivity index (χ4v) is 2.88. The number of nitrogens with zero attached hydrogens (tertiary/aromatic N) is 2. The summed E-state index contributed by atoms with van der Waals surface area (Å²) in [5.74, 6) is 0. The fourth-order valence-electron chi connectivity index (χ4n) is 2.15. The first kappa shape index (κ1) is 19.7. The Hall–Kier alpha value is 0.739. The minimum absolute atomic E-state index is 0. The monoisotopic (exact) mass is 376 g/mol. The summed E-state index contributed by atoms with van der Waals surface area (Å²) in [6.45, 7) is 4.34. The van der Waals surface area contributed by atoms with Gasteiger partial charge in [-0.3, -0.25) is 0 Å². The molecule has 0 aromatic rings. The van der Waals surface area contributed by atoms with E-state index in [1.165, 1.54) is 38.5 Å². The van der Waals surface area contributed by atoms with Crippen LogP contribution in [0, 0.1) is 0 Å². The van der Waals surface area contributed by atoms with Crippen molar-refractivity contribution < 1.29 is 17.1 Å². The van der Waals surface area contributed by atoms with E-state index in [0.29, 0.717) is 8.64 Å². The molecular weight excluding hydrogens is 356 g/mol. The quantitative estimate of drug-likeness (QED) is 0.362. The van der Waals surface area contributed by atoms with Gasteiger partial charge in [0.1, 0.15) is 0 Å². The van der Waals surface area contributed by atoms with Crippen LogP contribution in [0.15, 0.2) is 0 Å². The van der Waals surface area contributed by atoms with Crippen LogP contribution in [0.4, 0.5) is 0 Å². The van der Waals surface area contributed by atoms with Crippen molar-refractivity contribution in [3.8, 4) is 0 Å². The first-order valence-corrected chi connectivity index (χ1v) is 8.16. The first-order chi connectivity index (χ1) is 8.61. The molecule has 0 bridgehead atoms. The standard InChI is InChI=1S/2C6H11NS2.Fe/c2*8-6(9)7-4-2-1-3-5-7;/h2*1-5H2,(H,8,9);/q;;+2/p-2. The Bertz CT molecular complexity index is 249. The SMILES string of the molecule is S=C([S-])N1CCCCC1.S=C([S-])N1CCCCC1.[Fe+2]. The largest absolute Gasteiger partial charge is 2.00 e. The van der Waals surface area contributed by atoms with E-state index in [0.717, 1.165) is 26.2 Å². The molecule has 0 spiro atoms. The molecule has 0 unspecified atom stereocenters. The van der Waals surface area contributed by atoms with Crippen LogP contribution >= 0.6 is 24.4 Å². The zero-order valence-electron chi connectivity index (χ0n) is 11.0. The van der Waals surface area contributed by atoms with E-state index in [2.05, 4.69) is 9.80 Å². The van der Waals surface area contributed by atoms with Crippen LogP contribution in [0.3, 0.4) is 0 Å². The number of hydrogen-bond acceptors (Lipinski definition) is 4. The molecule has 0 aromatic carbocycles. The molecule has 2 saturated heterocycles. The Morgan fingerprint density at radius 2 is 0.895 bits per heavy atom. The molecule has 19 heavy (non-hydrogen) atoms. The van der Waals surface area contributed by atoms with Gasteiger partial charge in [0.15, 0.2) is 0 Å². The number of piperidine rings is 2. The van der Waals surface area contributed by atoms with Gasteiger partial charge in [-0.05, 0) is 38.5 Å². The van der Waals surface area contributed by atoms with Gasteiger partial charge in [0.05, 0.1) is 0 Å². The minimum Gasteiger partial charge on any atom is -0.411 e. The van der Waals surface area contributed by atoms with Gasteiger partial charge in [0.2, 0.25) is 0 Å². The van der Waals surface area contributed by atoms with E-state index in [1.807, 2.05) is 0 Å². The minimum atomic E-state index is 0. The molecule has 0 N–H and O–H groups in total. The molecule has 2 rings (SSSR count). The van der Waals surface area contributed by atoms with Gasteiger partial charge in [0.25, 0.3) is 0 Å². The van der Waals surface area contributed by atoms with E-state index in [4.69, 9.17) is 49.7 Å². The summed E-state index contributed by atoms with van der Waals surface area (Å²) >= 11 is 19.4. The second kappa shape index (κ2) is 11.4. The summed E-state index contributed by atoms with van der Waals surface area (Å²) in [5.41, 5.74) is 0. The van der Waals surface area contributed by atoms with Crippen molar-refractivity contribution in [1.82, 2.24) is 9.80 Å². The van der Waals surface area contributed by atoms with E-state index < -0.39 is 0 Å². The maximum absolute atomic E-state index is 4.86. The van der Waals surface area contributed by atoms with Crippen molar-refractivity contribution in [1.29, 1.82) is 0 Å². The Morgan fingerprint density at radius 1 is 0.632 bits per heavy atom. The van der Waals surface area contributed by atoms with E-state index in [-0.39, 0.29) is 17.1 Å². The number of rotatable bonds is 0. The summed E-state index contributed by atoms with van der Waals surface area (Å²) in [6.07, 6.45) is 7.73. The van der Waals surface area contributed by atoms with Crippen LogP contribution in [0.1, 0.15) is 38.5 Å². The molecule has 0 amide bonds. The van der Waals surface area contributed by atoms with Gasteiger partial charge in [-0.15, -0.1) is 0 Å². The van der Waals surface area contributed by atoms with Gasteiger partial charge in [-0.25, -0.2) is 0 Å². The molecule has 0 saturated carbocycles. The summed E-state index contributed by atoms with van der Waals surface area (Å²) in [7, 11) is 0.